The highest BCUT2D eigenvalue weighted by molar-refractivity contribution is 6.24. The van der Waals surface area contributed by atoms with E-state index in [0.717, 1.165) is 82.3 Å². The predicted molar refractivity (Wildman–Crippen MR) is 247 cm³/mol. The van der Waals surface area contributed by atoms with Crippen molar-refractivity contribution < 1.29 is 23.9 Å². The molecule has 1 aliphatic carbocycles. The lowest BCUT2D eigenvalue weighted by atomic mass is 9.85. The number of aromatic nitrogens is 3. The third kappa shape index (κ3) is 9.76. The number of ether oxygens (including phenoxy) is 2. The lowest BCUT2D eigenvalue weighted by Crippen LogP contribution is -2.25. The molecule has 0 saturated carbocycles. The molecule has 0 aromatic carbocycles. The zero-order chi connectivity index (χ0) is 44.1. The second-order valence-corrected chi connectivity index (χ2v) is 18.8. The molecule has 9 nitrogen and oxygen atoms in total. The number of methoxy groups -OCH3 is 1. The molecule has 3 aromatic heterocycles. The first-order chi connectivity index (χ1) is 29.2. The number of H-pyrrole nitrogens is 3. The minimum absolute atomic E-state index is 0.0483. The van der Waals surface area contributed by atoms with Crippen LogP contribution in [0.25, 0.3) is 23.8 Å². The van der Waals surface area contributed by atoms with Crippen LogP contribution >= 0.6 is 0 Å². The number of Topliss-reactive ketones (excluding diaryl/α,β-unsaturated/α-hetero) is 1. The second kappa shape index (κ2) is 20.1. The summed E-state index contributed by atoms with van der Waals surface area (Å²) in [6.45, 7) is 22.5. The summed E-state index contributed by atoms with van der Waals surface area (Å²) in [5.41, 5.74) is 12.0. The smallest absolute Gasteiger partial charge is 0.321 e. The Morgan fingerprint density at radius 2 is 1.36 bits per heavy atom. The molecule has 1 unspecified atom stereocenters. The molecule has 0 amide bonds. The molecule has 5 heterocycles. The first-order valence-corrected chi connectivity index (χ1v) is 23.6. The van der Waals surface area contributed by atoms with Crippen LogP contribution in [0.2, 0.25) is 0 Å². The number of fused-ring (bicyclic) bond motifs is 7. The Balaban J connectivity index is 1.26. The molecule has 0 spiro atoms. The zero-order valence-corrected chi connectivity index (χ0v) is 39.1. The molecule has 8 bridgehead atoms. The molecule has 61 heavy (non-hydrogen) atoms. The number of hydrogen-bond acceptors (Lipinski definition) is 6. The minimum atomic E-state index is -1.12. The predicted octanol–water partition coefficient (Wildman–Crippen LogP) is 10.0. The summed E-state index contributed by atoms with van der Waals surface area (Å²) in [5, 5.41) is 5.77. The monoisotopic (exact) mass is 835 g/mol. The Labute approximate surface area is 364 Å². The van der Waals surface area contributed by atoms with E-state index in [9.17, 15) is 14.4 Å². The summed E-state index contributed by atoms with van der Waals surface area (Å²) < 4.78 is 11.2. The number of ketones is 1. The molecular weight excluding hydrogens is 761 g/mol. The van der Waals surface area contributed by atoms with E-state index in [1.54, 1.807) is 0 Å². The van der Waals surface area contributed by atoms with Gasteiger partial charge in [0.15, 0.2) is 5.78 Å². The number of carbonyl (C=O) groups excluding carboxylic acids is 3. The van der Waals surface area contributed by atoms with E-state index in [1.807, 2.05) is 6.92 Å². The maximum absolute atomic E-state index is 14.4. The molecular formula is C52H74N4O5. The number of esters is 2. The van der Waals surface area contributed by atoms with Gasteiger partial charge in [0, 0.05) is 68.6 Å². The topological polar surface area (TPSA) is 129 Å². The largest absolute Gasteiger partial charge is 0.468 e. The number of allylic oxidation sites excluding steroid dienone is 2. The molecule has 6 rings (SSSR count). The Bertz CT molecular complexity index is 2280. The van der Waals surface area contributed by atoms with E-state index < -0.39 is 11.9 Å². The summed E-state index contributed by atoms with van der Waals surface area (Å²) in [5.74, 6) is -0.341. The van der Waals surface area contributed by atoms with Crippen LogP contribution in [0, 0.1) is 56.3 Å². The van der Waals surface area contributed by atoms with Crippen LogP contribution in [0.15, 0.2) is 11.4 Å². The quantitative estimate of drug-likeness (QED) is 0.0703. The van der Waals surface area contributed by atoms with E-state index in [2.05, 4.69) is 101 Å². The summed E-state index contributed by atoms with van der Waals surface area (Å²) in [7, 11) is 1.34. The Kier molecular flexibility index (Phi) is 15.2. The summed E-state index contributed by atoms with van der Waals surface area (Å²) in [4.78, 5) is 52.5. The molecule has 3 aromatic rings. The van der Waals surface area contributed by atoms with Gasteiger partial charge >= 0.3 is 11.9 Å². The maximum Gasteiger partial charge on any atom is 0.321 e. The van der Waals surface area contributed by atoms with Crippen molar-refractivity contribution in [3.05, 3.63) is 78.2 Å². The van der Waals surface area contributed by atoms with Gasteiger partial charge in [0.1, 0.15) is 5.92 Å². The van der Waals surface area contributed by atoms with Gasteiger partial charge in [-0.1, -0.05) is 99.8 Å². The molecule has 3 aliphatic rings. The van der Waals surface area contributed by atoms with Gasteiger partial charge in [-0.3, -0.25) is 14.4 Å². The number of nitrogens with one attached hydrogen (secondary N) is 4. The number of aromatic amines is 3. The van der Waals surface area contributed by atoms with Crippen LogP contribution in [-0.4, -0.2) is 46.4 Å². The van der Waals surface area contributed by atoms with Gasteiger partial charge in [-0.25, -0.2) is 0 Å². The van der Waals surface area contributed by atoms with Gasteiger partial charge in [0.2, 0.25) is 0 Å². The first kappa shape index (κ1) is 46.0. The van der Waals surface area contributed by atoms with Crippen molar-refractivity contribution in [1.82, 2.24) is 20.3 Å². The fraction of sp³-hybridized carbons (Fsp3) is 0.596. The van der Waals surface area contributed by atoms with Crippen LogP contribution in [0.4, 0.5) is 0 Å². The third-order valence-electron chi connectivity index (χ3n) is 14.4. The third-order valence-corrected chi connectivity index (χ3v) is 14.4. The van der Waals surface area contributed by atoms with Crippen molar-refractivity contribution in [2.45, 2.75) is 153 Å². The number of hydrogen-bond donors (Lipinski definition) is 4. The SMILES string of the molecule is CCC[C@@H](C)CCC[C@@H](C)CCCC(C)CCOC(=O)CC[C@@H]1/C2=C3/c4[nH]c(c(C)c4C(=O)[C@@H]3C(=O)OC)/C=c3\[nH]/c(c(C)c3CC)=C\c3[nH]c(c(C)c3CC)/C=C(\N2)[C@H]1C. The molecule has 4 N–H and O–H groups in total. The van der Waals surface area contributed by atoms with Gasteiger partial charge in [-0.15, -0.1) is 0 Å². The van der Waals surface area contributed by atoms with Crippen molar-refractivity contribution in [3.8, 4) is 0 Å². The van der Waals surface area contributed by atoms with Crippen molar-refractivity contribution in [1.29, 1.82) is 0 Å². The molecule has 6 atom stereocenters. The van der Waals surface area contributed by atoms with E-state index in [0.29, 0.717) is 35.8 Å². The van der Waals surface area contributed by atoms with Crippen LogP contribution in [-0.2, 0) is 31.9 Å². The second-order valence-electron chi connectivity index (χ2n) is 18.8. The van der Waals surface area contributed by atoms with E-state index in [4.69, 9.17) is 9.47 Å². The maximum atomic E-state index is 14.4. The first-order valence-electron chi connectivity index (χ1n) is 23.6. The molecule has 1 saturated heterocycles. The lowest BCUT2D eigenvalue weighted by Gasteiger charge is -2.20. The highest BCUT2D eigenvalue weighted by Crippen LogP contribution is 2.48. The minimum Gasteiger partial charge on any atom is -0.468 e. The average Bonchev–Trinajstić information content (AvgIpc) is 3.97. The highest BCUT2D eigenvalue weighted by atomic mass is 16.5. The number of rotatable bonds is 19. The fourth-order valence-electron chi connectivity index (χ4n) is 10.5. The highest BCUT2D eigenvalue weighted by Gasteiger charge is 2.48. The van der Waals surface area contributed by atoms with Gasteiger partial charge in [0.25, 0.3) is 0 Å². The van der Waals surface area contributed by atoms with Crippen LogP contribution in [0.3, 0.4) is 0 Å². The van der Waals surface area contributed by atoms with E-state index in [-0.39, 0.29) is 30.0 Å². The molecule has 2 aliphatic heterocycles. The van der Waals surface area contributed by atoms with Gasteiger partial charge in [0.05, 0.1) is 19.4 Å². The Morgan fingerprint density at radius 1 is 0.738 bits per heavy atom. The van der Waals surface area contributed by atoms with Crippen LogP contribution in [0.1, 0.15) is 180 Å². The van der Waals surface area contributed by atoms with Crippen molar-refractivity contribution in [2.24, 2.45) is 35.5 Å². The van der Waals surface area contributed by atoms with Crippen LogP contribution < -0.4 is 16.0 Å². The van der Waals surface area contributed by atoms with Crippen molar-refractivity contribution >= 4 is 41.5 Å². The van der Waals surface area contributed by atoms with Gasteiger partial charge in [-0.2, -0.15) is 0 Å². The summed E-state index contributed by atoms with van der Waals surface area (Å²) >= 11 is 0. The average molecular weight is 835 g/mol. The van der Waals surface area contributed by atoms with Gasteiger partial charge in [-0.05, 0) is 110 Å². The van der Waals surface area contributed by atoms with E-state index in [1.165, 1.54) is 74.3 Å². The van der Waals surface area contributed by atoms with Crippen LogP contribution in [0.5, 0.6) is 0 Å². The van der Waals surface area contributed by atoms with E-state index >= 15 is 0 Å². The molecule has 0 radical (unpaired) electrons. The summed E-state index contributed by atoms with van der Waals surface area (Å²) in [6.07, 6.45) is 20.0. The molecule has 9 heteroatoms. The fourth-order valence-corrected chi connectivity index (χ4v) is 10.5. The zero-order valence-electron chi connectivity index (χ0n) is 39.1. The molecule has 1 fully saturated rings. The summed E-state index contributed by atoms with van der Waals surface area (Å²) in [6, 6.07) is 0. The molecule has 332 valence electrons. The standard InChI is InChI=1S/C52H74N4O5/c1-12-17-29(4)18-15-19-30(5)20-16-21-31(6)24-25-61-45(57)23-22-38-34(9)41-26-39-32(7)36(13-2)43(53-39)27-40-33(8)37(14-3)44(54-40)28-42-35(10)46-50(56-42)47(49(38)55-41)48(51(46)58)52(59)60-11/h26-31,34,38,48,53-56H,12-25H2,1-11H3/b40-27-,41-26-,44-28-,49-47-/t29-,30-,31?,34+,38+,48-/m1/s1. The Morgan fingerprint density at radius 3 is 2.00 bits per heavy atom. The van der Waals surface area contributed by atoms with Crippen molar-refractivity contribution in [3.63, 3.8) is 0 Å². The lowest BCUT2D eigenvalue weighted by molar-refractivity contribution is -0.144. The number of carbonyl (C=O) groups is 3. The Hall–Kier alpha value is -4.53. The van der Waals surface area contributed by atoms with Gasteiger partial charge < -0.3 is 29.7 Å². The normalized spacial score (nSPS) is 22.7. The van der Waals surface area contributed by atoms with Crippen molar-refractivity contribution in [2.75, 3.05) is 13.7 Å².